The van der Waals surface area contributed by atoms with Gasteiger partial charge < -0.3 is 0 Å². The quantitative estimate of drug-likeness (QED) is 0.344. The molecule has 0 amide bonds. The summed E-state index contributed by atoms with van der Waals surface area (Å²) in [6.45, 7) is 0. The Morgan fingerprint density at radius 2 is 1.60 bits per heavy atom. The van der Waals surface area contributed by atoms with Crippen molar-refractivity contribution in [3.8, 4) is 11.1 Å². The van der Waals surface area contributed by atoms with Crippen LogP contribution in [0, 0.1) is 7.14 Å². The lowest BCUT2D eigenvalue weighted by molar-refractivity contribution is 1.54. The molecule has 0 aliphatic heterocycles. The number of benzene rings is 2. The van der Waals surface area contributed by atoms with E-state index in [0.717, 1.165) is 33.2 Å². The molecule has 0 spiro atoms. The molecule has 20 heavy (non-hydrogen) atoms. The SMILES string of the molecule is Ic1cc2nsnc2c(-c2cccc3nsnc23)c1I. The van der Waals surface area contributed by atoms with Crippen LogP contribution in [0.2, 0.25) is 0 Å². The van der Waals surface area contributed by atoms with Crippen molar-refractivity contribution in [2.24, 2.45) is 0 Å². The number of hydrogen-bond acceptors (Lipinski definition) is 6. The van der Waals surface area contributed by atoms with Gasteiger partial charge in [-0.2, -0.15) is 17.5 Å². The minimum atomic E-state index is 0.929. The zero-order valence-corrected chi connectivity index (χ0v) is 15.6. The van der Waals surface area contributed by atoms with Crippen molar-refractivity contribution in [1.29, 1.82) is 0 Å². The van der Waals surface area contributed by atoms with Crippen molar-refractivity contribution in [3.63, 3.8) is 0 Å². The number of rotatable bonds is 1. The lowest BCUT2D eigenvalue weighted by Crippen LogP contribution is -1.91. The topological polar surface area (TPSA) is 51.6 Å². The summed E-state index contributed by atoms with van der Waals surface area (Å²) in [5.41, 5.74) is 5.94. The molecule has 98 valence electrons. The number of halogens is 2. The van der Waals surface area contributed by atoms with Crippen molar-refractivity contribution < 1.29 is 0 Å². The smallest absolute Gasteiger partial charge is 0.113 e. The Hall–Kier alpha value is -0.460. The highest BCUT2D eigenvalue weighted by atomic mass is 127. The van der Waals surface area contributed by atoms with Gasteiger partial charge >= 0.3 is 0 Å². The molecular weight excluding hydrogens is 518 g/mol. The van der Waals surface area contributed by atoms with Crippen molar-refractivity contribution in [3.05, 3.63) is 31.4 Å². The van der Waals surface area contributed by atoms with Crippen LogP contribution in [0.5, 0.6) is 0 Å². The summed E-state index contributed by atoms with van der Waals surface area (Å²) in [5, 5.41) is 0. The van der Waals surface area contributed by atoms with Crippen molar-refractivity contribution in [1.82, 2.24) is 17.5 Å². The Morgan fingerprint density at radius 3 is 2.45 bits per heavy atom. The molecule has 4 rings (SSSR count). The normalized spacial score (nSPS) is 11.5. The highest BCUT2D eigenvalue weighted by Gasteiger charge is 2.18. The van der Waals surface area contributed by atoms with Gasteiger partial charge in [0.15, 0.2) is 0 Å². The molecule has 4 nitrogen and oxygen atoms in total. The Bertz CT molecular complexity index is 947. The van der Waals surface area contributed by atoms with E-state index in [2.05, 4.69) is 74.8 Å². The predicted octanol–water partition coefficient (Wildman–Crippen LogP) is 4.57. The Morgan fingerprint density at radius 1 is 0.850 bits per heavy atom. The van der Waals surface area contributed by atoms with Gasteiger partial charge in [0.25, 0.3) is 0 Å². The molecule has 8 heteroatoms. The zero-order valence-electron chi connectivity index (χ0n) is 9.67. The molecule has 0 aliphatic carbocycles. The van der Waals surface area contributed by atoms with Crippen LogP contribution in [0.3, 0.4) is 0 Å². The Kier molecular flexibility index (Phi) is 3.35. The van der Waals surface area contributed by atoms with Gasteiger partial charge in [-0.25, -0.2) is 0 Å². The third kappa shape index (κ3) is 1.96. The number of nitrogens with zero attached hydrogens (tertiary/aromatic N) is 4. The summed E-state index contributed by atoms with van der Waals surface area (Å²) < 4.78 is 19.9. The third-order valence-electron chi connectivity index (χ3n) is 3.00. The van der Waals surface area contributed by atoms with Crippen LogP contribution >= 0.6 is 68.6 Å². The first kappa shape index (κ1) is 13.2. The number of fused-ring (bicyclic) bond motifs is 2. The second kappa shape index (κ2) is 5.07. The van der Waals surface area contributed by atoms with Crippen molar-refractivity contribution >= 4 is 90.7 Å². The Labute approximate surface area is 149 Å². The molecule has 2 aromatic heterocycles. The van der Waals surface area contributed by atoms with Gasteiger partial charge in [-0.15, -0.1) is 0 Å². The van der Waals surface area contributed by atoms with Crippen LogP contribution in [0.4, 0.5) is 0 Å². The first-order chi connectivity index (χ1) is 9.75. The van der Waals surface area contributed by atoms with Crippen LogP contribution < -0.4 is 0 Å². The van der Waals surface area contributed by atoms with Crippen LogP contribution in [-0.4, -0.2) is 17.5 Å². The van der Waals surface area contributed by atoms with Crippen LogP contribution in [0.25, 0.3) is 33.2 Å². The van der Waals surface area contributed by atoms with E-state index < -0.39 is 0 Å². The van der Waals surface area contributed by atoms with Gasteiger partial charge in [-0.3, -0.25) is 0 Å². The fourth-order valence-electron chi connectivity index (χ4n) is 2.12. The second-order valence-electron chi connectivity index (χ2n) is 4.12. The van der Waals surface area contributed by atoms with E-state index in [1.165, 1.54) is 30.6 Å². The van der Waals surface area contributed by atoms with Gasteiger partial charge in [-0.05, 0) is 57.3 Å². The fraction of sp³-hybridized carbons (Fsp3) is 0. The first-order valence-corrected chi connectivity index (χ1v) is 9.19. The largest absolute Gasteiger partial charge is 0.173 e. The predicted molar refractivity (Wildman–Crippen MR) is 99.3 cm³/mol. The van der Waals surface area contributed by atoms with Gasteiger partial charge in [0.1, 0.15) is 22.1 Å². The maximum atomic E-state index is 4.47. The minimum Gasteiger partial charge on any atom is -0.173 e. The van der Waals surface area contributed by atoms with Gasteiger partial charge in [0.2, 0.25) is 0 Å². The lowest BCUT2D eigenvalue weighted by Gasteiger charge is -2.08. The summed E-state index contributed by atoms with van der Waals surface area (Å²) in [6, 6.07) is 8.15. The monoisotopic (exact) mass is 522 g/mol. The highest BCUT2D eigenvalue weighted by molar-refractivity contribution is 14.1. The molecule has 2 aromatic carbocycles. The minimum absolute atomic E-state index is 0.929. The van der Waals surface area contributed by atoms with Gasteiger partial charge in [-0.1, -0.05) is 12.1 Å². The third-order valence-corrected chi connectivity index (χ3v) is 7.09. The molecule has 0 fully saturated rings. The second-order valence-corrected chi connectivity index (χ2v) is 7.41. The maximum absolute atomic E-state index is 4.47. The van der Waals surface area contributed by atoms with Crippen LogP contribution in [0.15, 0.2) is 24.3 Å². The van der Waals surface area contributed by atoms with E-state index in [-0.39, 0.29) is 0 Å². The molecule has 0 atom stereocenters. The molecule has 0 unspecified atom stereocenters. The molecule has 0 radical (unpaired) electrons. The number of aromatic nitrogens is 4. The molecule has 0 bridgehead atoms. The molecule has 0 N–H and O–H groups in total. The molecule has 0 aliphatic rings. The lowest BCUT2D eigenvalue weighted by atomic mass is 10.0. The fourth-order valence-corrected chi connectivity index (χ4v) is 4.47. The van der Waals surface area contributed by atoms with Crippen molar-refractivity contribution in [2.45, 2.75) is 0 Å². The van der Waals surface area contributed by atoms with Crippen LogP contribution in [-0.2, 0) is 0 Å². The van der Waals surface area contributed by atoms with E-state index in [0.29, 0.717) is 0 Å². The van der Waals surface area contributed by atoms with E-state index in [1.807, 2.05) is 12.1 Å². The summed E-state index contributed by atoms with van der Waals surface area (Å²) >= 11 is 7.20. The summed E-state index contributed by atoms with van der Waals surface area (Å²) in [5.74, 6) is 0. The van der Waals surface area contributed by atoms with E-state index in [1.54, 1.807) is 0 Å². The molecule has 0 saturated carbocycles. The summed E-state index contributed by atoms with van der Waals surface area (Å²) in [4.78, 5) is 0. The molecule has 4 aromatic rings. The highest BCUT2D eigenvalue weighted by Crippen LogP contribution is 2.37. The average Bonchev–Trinajstić information content (AvgIpc) is 3.08. The first-order valence-electron chi connectivity index (χ1n) is 5.57. The average molecular weight is 522 g/mol. The maximum Gasteiger partial charge on any atom is 0.113 e. The zero-order chi connectivity index (χ0) is 13.7. The summed E-state index contributed by atoms with van der Waals surface area (Å²) in [6.07, 6.45) is 0. The van der Waals surface area contributed by atoms with E-state index >= 15 is 0 Å². The molecule has 0 saturated heterocycles. The van der Waals surface area contributed by atoms with Crippen molar-refractivity contribution in [2.75, 3.05) is 0 Å². The standard InChI is InChI=1S/C12H4I2N4S2/c13-6-4-8-12(18-20-16-8)9(10(6)14)5-2-1-3-7-11(5)17-19-15-7/h1-4H. The number of hydrogen-bond donors (Lipinski definition) is 0. The van der Waals surface area contributed by atoms with E-state index in [9.17, 15) is 0 Å². The van der Waals surface area contributed by atoms with E-state index in [4.69, 9.17) is 0 Å². The summed E-state index contributed by atoms with van der Waals surface area (Å²) in [7, 11) is 0. The van der Waals surface area contributed by atoms with Gasteiger partial charge in [0.05, 0.1) is 23.5 Å². The molecular formula is C12H4I2N4S2. The molecule has 2 heterocycles. The van der Waals surface area contributed by atoms with Gasteiger partial charge in [0, 0.05) is 18.3 Å². The van der Waals surface area contributed by atoms with Crippen LogP contribution in [0.1, 0.15) is 0 Å². The Balaban J connectivity index is 2.19.